The van der Waals surface area contributed by atoms with E-state index < -0.39 is 41.9 Å². The minimum Gasteiger partial charge on any atom is -0.481 e. The second-order valence-electron chi connectivity index (χ2n) is 6.07. The molecule has 0 aliphatic heterocycles. The number of halogens is 4. The Hall–Kier alpha value is -1.77. The van der Waals surface area contributed by atoms with Crippen molar-refractivity contribution in [3.05, 3.63) is 33.8 Å². The van der Waals surface area contributed by atoms with Gasteiger partial charge in [-0.05, 0) is 44.5 Å². The number of nitrogens with one attached hydrogen (secondary N) is 1. The lowest BCUT2D eigenvalue weighted by molar-refractivity contribution is -0.138. The third-order valence-corrected chi connectivity index (χ3v) is 3.18. The highest BCUT2D eigenvalue weighted by molar-refractivity contribution is 9.10. The molecule has 1 aromatic rings. The summed E-state index contributed by atoms with van der Waals surface area (Å²) in [5.41, 5.74) is -1.77. The molecule has 1 aromatic carbocycles. The lowest BCUT2D eigenvalue weighted by Gasteiger charge is -2.23. The highest BCUT2D eigenvalue weighted by atomic mass is 79.9. The standard InChI is InChI=1S/C15H17BrF3NO4/c1-14(2,3)24-13(23)20-11(7-12(21)22)8-4-9(15(17,18)19)6-10(16)5-8/h4-6,11H,7H2,1-3H3,(H,20,23)(H,21,22)/t11-/m1/s1. The van der Waals surface area contributed by atoms with E-state index in [1.165, 1.54) is 6.07 Å². The van der Waals surface area contributed by atoms with Crippen LogP contribution in [0.1, 0.15) is 44.4 Å². The zero-order valence-electron chi connectivity index (χ0n) is 13.2. The molecular weight excluding hydrogens is 395 g/mol. The van der Waals surface area contributed by atoms with Crippen LogP contribution in [-0.4, -0.2) is 22.8 Å². The van der Waals surface area contributed by atoms with E-state index in [1.54, 1.807) is 20.8 Å². The largest absolute Gasteiger partial charge is 0.481 e. The number of carboxylic acids is 1. The lowest BCUT2D eigenvalue weighted by atomic mass is 10.0. The highest BCUT2D eigenvalue weighted by Crippen LogP contribution is 2.34. The van der Waals surface area contributed by atoms with Crippen LogP contribution in [0.15, 0.2) is 22.7 Å². The van der Waals surface area contributed by atoms with Gasteiger partial charge in [-0.3, -0.25) is 4.79 Å². The second-order valence-corrected chi connectivity index (χ2v) is 6.98. The Kier molecular flexibility index (Phi) is 6.26. The molecule has 0 unspecified atom stereocenters. The lowest BCUT2D eigenvalue weighted by Crippen LogP contribution is -2.35. The van der Waals surface area contributed by atoms with Gasteiger partial charge in [-0.1, -0.05) is 15.9 Å². The molecular formula is C15H17BrF3NO4. The number of aliphatic carboxylic acids is 1. The summed E-state index contributed by atoms with van der Waals surface area (Å²) in [6.45, 7) is 4.83. The summed E-state index contributed by atoms with van der Waals surface area (Å²) in [5.74, 6) is -1.27. The number of carbonyl (C=O) groups is 2. The first-order chi connectivity index (χ1) is 10.8. The van der Waals surface area contributed by atoms with Crippen molar-refractivity contribution in [1.82, 2.24) is 5.32 Å². The van der Waals surface area contributed by atoms with Gasteiger partial charge in [-0.2, -0.15) is 13.2 Å². The molecule has 0 aliphatic rings. The topological polar surface area (TPSA) is 75.6 Å². The van der Waals surface area contributed by atoms with Gasteiger partial charge in [0.25, 0.3) is 0 Å². The Morgan fingerprint density at radius 1 is 1.25 bits per heavy atom. The van der Waals surface area contributed by atoms with Crippen molar-refractivity contribution >= 4 is 28.0 Å². The van der Waals surface area contributed by atoms with Crippen LogP contribution in [0.4, 0.5) is 18.0 Å². The molecule has 5 nitrogen and oxygen atoms in total. The van der Waals surface area contributed by atoms with Gasteiger partial charge in [0.05, 0.1) is 18.0 Å². The first kappa shape index (κ1) is 20.3. The first-order valence-corrected chi connectivity index (χ1v) is 7.66. The van der Waals surface area contributed by atoms with Crippen molar-refractivity contribution in [2.45, 2.75) is 45.0 Å². The number of carbonyl (C=O) groups excluding carboxylic acids is 1. The Morgan fingerprint density at radius 2 is 1.83 bits per heavy atom. The summed E-state index contributed by atoms with van der Waals surface area (Å²) in [6, 6.07) is 1.82. The van der Waals surface area contributed by atoms with Crippen LogP contribution < -0.4 is 5.32 Å². The number of hydrogen-bond donors (Lipinski definition) is 2. The predicted molar refractivity (Wildman–Crippen MR) is 83.5 cm³/mol. The molecule has 0 aromatic heterocycles. The van der Waals surface area contributed by atoms with Crippen molar-refractivity contribution in [1.29, 1.82) is 0 Å². The van der Waals surface area contributed by atoms with Gasteiger partial charge in [-0.25, -0.2) is 4.79 Å². The van der Waals surface area contributed by atoms with Crippen LogP contribution >= 0.6 is 15.9 Å². The Morgan fingerprint density at radius 3 is 2.29 bits per heavy atom. The molecule has 0 spiro atoms. The molecule has 134 valence electrons. The number of amides is 1. The molecule has 9 heteroatoms. The van der Waals surface area contributed by atoms with Gasteiger partial charge in [0.2, 0.25) is 0 Å². The zero-order chi connectivity index (χ0) is 18.7. The summed E-state index contributed by atoms with van der Waals surface area (Å²) >= 11 is 2.96. The minimum absolute atomic E-state index is 0.00459. The fourth-order valence-electron chi connectivity index (χ4n) is 1.85. The molecule has 0 radical (unpaired) electrons. The van der Waals surface area contributed by atoms with Crippen LogP contribution in [0.5, 0.6) is 0 Å². The van der Waals surface area contributed by atoms with Crippen LogP contribution in [0, 0.1) is 0 Å². The van der Waals surface area contributed by atoms with E-state index in [0.29, 0.717) is 0 Å². The van der Waals surface area contributed by atoms with E-state index in [2.05, 4.69) is 21.2 Å². The summed E-state index contributed by atoms with van der Waals surface area (Å²) < 4.78 is 43.9. The summed E-state index contributed by atoms with van der Waals surface area (Å²) in [6.07, 6.45) is -6.10. The van der Waals surface area contributed by atoms with E-state index >= 15 is 0 Å². The molecule has 2 N–H and O–H groups in total. The Balaban J connectivity index is 3.15. The van der Waals surface area contributed by atoms with Crippen molar-refractivity contribution in [3.8, 4) is 0 Å². The Labute approximate surface area is 145 Å². The quantitative estimate of drug-likeness (QED) is 0.763. The minimum atomic E-state index is -4.60. The number of alkyl carbamates (subject to hydrolysis) is 1. The molecule has 0 aliphatic carbocycles. The number of rotatable bonds is 4. The van der Waals surface area contributed by atoms with Crippen molar-refractivity contribution in [3.63, 3.8) is 0 Å². The van der Waals surface area contributed by atoms with Crippen LogP contribution in [0.25, 0.3) is 0 Å². The summed E-state index contributed by atoms with van der Waals surface area (Å²) in [4.78, 5) is 22.8. The van der Waals surface area contributed by atoms with Gasteiger partial charge >= 0.3 is 18.2 Å². The number of ether oxygens (including phenoxy) is 1. The van der Waals surface area contributed by atoms with Gasteiger partial charge in [0.1, 0.15) is 5.60 Å². The molecule has 24 heavy (non-hydrogen) atoms. The normalized spacial score (nSPS) is 13.3. The molecule has 1 rings (SSSR count). The first-order valence-electron chi connectivity index (χ1n) is 6.87. The number of hydrogen-bond acceptors (Lipinski definition) is 3. The third-order valence-electron chi connectivity index (χ3n) is 2.72. The molecule has 0 heterocycles. The zero-order valence-corrected chi connectivity index (χ0v) is 14.8. The van der Waals surface area contributed by atoms with Gasteiger partial charge < -0.3 is 15.2 Å². The third kappa shape index (κ3) is 6.77. The van der Waals surface area contributed by atoms with Gasteiger partial charge in [0, 0.05) is 4.47 Å². The van der Waals surface area contributed by atoms with E-state index in [0.717, 1.165) is 12.1 Å². The SMILES string of the molecule is CC(C)(C)OC(=O)N[C@H](CC(=O)O)c1cc(Br)cc(C(F)(F)F)c1. The second kappa shape index (κ2) is 7.42. The fraction of sp³-hybridized carbons (Fsp3) is 0.467. The van der Waals surface area contributed by atoms with Crippen LogP contribution in [0.3, 0.4) is 0 Å². The average molecular weight is 412 g/mol. The van der Waals surface area contributed by atoms with E-state index in [-0.39, 0.29) is 10.0 Å². The predicted octanol–water partition coefficient (Wildman–Crippen LogP) is 4.51. The summed E-state index contributed by atoms with van der Waals surface area (Å²) in [5, 5.41) is 11.3. The van der Waals surface area contributed by atoms with Crippen molar-refractivity contribution in [2.24, 2.45) is 0 Å². The van der Waals surface area contributed by atoms with Gasteiger partial charge in [0.15, 0.2) is 0 Å². The maximum atomic E-state index is 12.9. The van der Waals surface area contributed by atoms with Crippen molar-refractivity contribution < 1.29 is 32.6 Å². The highest BCUT2D eigenvalue weighted by Gasteiger charge is 2.32. The summed E-state index contributed by atoms with van der Waals surface area (Å²) in [7, 11) is 0. The van der Waals surface area contributed by atoms with Crippen molar-refractivity contribution in [2.75, 3.05) is 0 Å². The molecule has 0 fully saturated rings. The molecule has 1 amide bonds. The van der Waals surface area contributed by atoms with E-state index in [9.17, 15) is 22.8 Å². The van der Waals surface area contributed by atoms with E-state index in [1.807, 2.05) is 0 Å². The average Bonchev–Trinajstić information content (AvgIpc) is 2.33. The maximum Gasteiger partial charge on any atom is 0.416 e. The molecule has 0 bridgehead atoms. The Bertz CT molecular complexity index is 626. The molecule has 0 saturated carbocycles. The van der Waals surface area contributed by atoms with Crippen LogP contribution in [0.2, 0.25) is 0 Å². The molecule has 1 atom stereocenters. The number of alkyl halides is 3. The maximum absolute atomic E-state index is 12.9. The smallest absolute Gasteiger partial charge is 0.416 e. The molecule has 0 saturated heterocycles. The van der Waals surface area contributed by atoms with Crippen LogP contribution in [-0.2, 0) is 15.7 Å². The van der Waals surface area contributed by atoms with E-state index in [4.69, 9.17) is 9.84 Å². The fourth-order valence-corrected chi connectivity index (χ4v) is 2.36. The number of carboxylic acid groups (broad SMARTS) is 1. The van der Waals surface area contributed by atoms with Gasteiger partial charge in [-0.15, -0.1) is 0 Å². The number of benzene rings is 1. The monoisotopic (exact) mass is 411 g/mol.